The second kappa shape index (κ2) is 7.71. The van der Waals surface area contributed by atoms with Gasteiger partial charge in [0.05, 0.1) is 7.11 Å². The number of carbonyl (C=O) groups excluding carboxylic acids is 1. The van der Waals surface area contributed by atoms with Crippen molar-refractivity contribution in [1.82, 2.24) is 15.1 Å². The first-order valence-electron chi connectivity index (χ1n) is 6.76. The van der Waals surface area contributed by atoms with E-state index in [9.17, 15) is 4.79 Å². The van der Waals surface area contributed by atoms with E-state index in [0.717, 1.165) is 32.6 Å². The Balaban J connectivity index is 2.43. The van der Waals surface area contributed by atoms with Crippen molar-refractivity contribution in [2.24, 2.45) is 0 Å². The maximum absolute atomic E-state index is 11.5. The molecule has 1 aliphatic heterocycles. The van der Waals surface area contributed by atoms with Crippen LogP contribution < -0.4 is 5.32 Å². The minimum Gasteiger partial charge on any atom is -0.468 e. The van der Waals surface area contributed by atoms with Crippen LogP contribution in [0.5, 0.6) is 0 Å². The highest BCUT2D eigenvalue weighted by Gasteiger charge is 2.22. The van der Waals surface area contributed by atoms with E-state index in [4.69, 9.17) is 4.74 Å². The van der Waals surface area contributed by atoms with Crippen LogP contribution in [-0.2, 0) is 9.53 Å². The summed E-state index contributed by atoms with van der Waals surface area (Å²) in [5.41, 5.74) is 0. The first-order valence-corrected chi connectivity index (χ1v) is 6.76. The minimum atomic E-state index is -0.191. The molecule has 0 aromatic carbocycles. The quantitative estimate of drug-likeness (QED) is 0.711. The van der Waals surface area contributed by atoms with Gasteiger partial charge in [0, 0.05) is 19.1 Å². The van der Waals surface area contributed by atoms with Gasteiger partial charge in [-0.1, -0.05) is 0 Å². The predicted octanol–water partition coefficient (Wildman–Crippen LogP) is 0.164. The number of methoxy groups -OCH3 is 1. The molecular formula is C13H27N3O2. The fraction of sp³-hybridized carbons (Fsp3) is 0.923. The van der Waals surface area contributed by atoms with Crippen molar-refractivity contribution < 1.29 is 9.53 Å². The molecule has 2 unspecified atom stereocenters. The molecule has 5 heteroatoms. The minimum absolute atomic E-state index is 0.169. The Kier molecular flexibility index (Phi) is 6.60. The third-order valence-electron chi connectivity index (χ3n) is 3.72. The smallest absolute Gasteiger partial charge is 0.322 e. The molecule has 1 fully saturated rings. The molecule has 0 aliphatic carbocycles. The van der Waals surface area contributed by atoms with Crippen LogP contribution in [0.2, 0.25) is 0 Å². The molecule has 106 valence electrons. The summed E-state index contributed by atoms with van der Waals surface area (Å²) < 4.78 is 4.78. The summed E-state index contributed by atoms with van der Waals surface area (Å²) in [4.78, 5) is 16.4. The third kappa shape index (κ3) is 4.55. The molecular weight excluding hydrogens is 230 g/mol. The highest BCUT2D eigenvalue weighted by Crippen LogP contribution is 2.10. The molecule has 5 nitrogen and oxygen atoms in total. The summed E-state index contributed by atoms with van der Waals surface area (Å²) >= 11 is 0. The van der Waals surface area contributed by atoms with E-state index in [1.165, 1.54) is 13.5 Å². The van der Waals surface area contributed by atoms with Gasteiger partial charge in [0.25, 0.3) is 0 Å². The molecule has 0 bridgehead atoms. The molecule has 0 radical (unpaired) electrons. The Morgan fingerprint density at radius 1 is 1.50 bits per heavy atom. The number of carbonyl (C=O) groups is 1. The Bertz CT molecular complexity index is 261. The van der Waals surface area contributed by atoms with E-state index in [2.05, 4.69) is 29.1 Å². The van der Waals surface area contributed by atoms with Crippen LogP contribution in [0.15, 0.2) is 0 Å². The van der Waals surface area contributed by atoms with E-state index in [-0.39, 0.29) is 12.0 Å². The van der Waals surface area contributed by atoms with Crippen molar-refractivity contribution >= 4 is 5.97 Å². The number of hydrogen-bond donors (Lipinski definition) is 1. The fourth-order valence-electron chi connectivity index (χ4n) is 2.57. The highest BCUT2D eigenvalue weighted by atomic mass is 16.5. The number of ether oxygens (including phenoxy) is 1. The largest absolute Gasteiger partial charge is 0.468 e. The van der Waals surface area contributed by atoms with Crippen molar-refractivity contribution in [2.75, 3.05) is 47.4 Å². The Morgan fingerprint density at radius 3 is 2.83 bits per heavy atom. The van der Waals surface area contributed by atoms with Crippen LogP contribution in [0, 0.1) is 0 Å². The van der Waals surface area contributed by atoms with Crippen LogP contribution >= 0.6 is 0 Å². The molecule has 0 aromatic rings. The molecule has 0 saturated carbocycles. The Hall–Kier alpha value is -0.650. The molecule has 1 heterocycles. The molecule has 0 aromatic heterocycles. The van der Waals surface area contributed by atoms with E-state index in [1.807, 2.05) is 0 Å². The molecule has 1 aliphatic rings. The van der Waals surface area contributed by atoms with Gasteiger partial charge in [-0.25, -0.2) is 0 Å². The molecule has 2 atom stereocenters. The number of nitrogens with zero attached hydrogens (tertiary/aromatic N) is 2. The number of likely N-dealkylation sites (N-methyl/N-ethyl adjacent to an activating group) is 2. The van der Waals surface area contributed by atoms with Crippen LogP contribution in [0.1, 0.15) is 19.8 Å². The zero-order valence-corrected chi connectivity index (χ0v) is 12.1. The van der Waals surface area contributed by atoms with Gasteiger partial charge in [0.2, 0.25) is 0 Å². The predicted molar refractivity (Wildman–Crippen MR) is 72.6 cm³/mol. The second-order valence-electron chi connectivity index (χ2n) is 5.15. The zero-order chi connectivity index (χ0) is 13.5. The lowest BCUT2D eigenvalue weighted by Crippen LogP contribution is -2.42. The molecule has 1 saturated heterocycles. The summed E-state index contributed by atoms with van der Waals surface area (Å²) in [7, 11) is 5.42. The lowest BCUT2D eigenvalue weighted by atomic mass is 10.1. The average Bonchev–Trinajstić information content (AvgIpc) is 2.51. The van der Waals surface area contributed by atoms with E-state index in [1.54, 1.807) is 7.05 Å². The molecule has 1 N–H and O–H groups in total. The van der Waals surface area contributed by atoms with Crippen molar-refractivity contribution in [1.29, 1.82) is 0 Å². The van der Waals surface area contributed by atoms with Gasteiger partial charge in [-0.2, -0.15) is 0 Å². The number of rotatable bonds is 5. The van der Waals surface area contributed by atoms with Gasteiger partial charge in [0.1, 0.15) is 6.04 Å². The van der Waals surface area contributed by atoms with Gasteiger partial charge in [-0.3, -0.25) is 9.69 Å². The van der Waals surface area contributed by atoms with E-state index in [0.29, 0.717) is 6.04 Å². The number of esters is 1. The second-order valence-corrected chi connectivity index (χ2v) is 5.15. The molecule has 0 amide bonds. The fourth-order valence-corrected chi connectivity index (χ4v) is 2.57. The van der Waals surface area contributed by atoms with Crippen molar-refractivity contribution in [3.05, 3.63) is 0 Å². The van der Waals surface area contributed by atoms with Gasteiger partial charge in [-0.15, -0.1) is 0 Å². The monoisotopic (exact) mass is 257 g/mol. The van der Waals surface area contributed by atoms with Crippen LogP contribution in [0.25, 0.3) is 0 Å². The van der Waals surface area contributed by atoms with E-state index >= 15 is 0 Å². The topological polar surface area (TPSA) is 44.8 Å². The van der Waals surface area contributed by atoms with Gasteiger partial charge < -0.3 is 15.0 Å². The third-order valence-corrected chi connectivity index (χ3v) is 3.72. The Morgan fingerprint density at radius 2 is 2.22 bits per heavy atom. The maximum Gasteiger partial charge on any atom is 0.322 e. The zero-order valence-electron chi connectivity index (χ0n) is 12.1. The van der Waals surface area contributed by atoms with Crippen molar-refractivity contribution in [3.8, 4) is 0 Å². The van der Waals surface area contributed by atoms with E-state index < -0.39 is 0 Å². The normalized spacial score (nSPS) is 24.6. The van der Waals surface area contributed by atoms with Crippen molar-refractivity contribution in [3.63, 3.8) is 0 Å². The van der Waals surface area contributed by atoms with Gasteiger partial charge in [0.15, 0.2) is 0 Å². The summed E-state index contributed by atoms with van der Waals surface area (Å²) in [5.74, 6) is -0.169. The van der Waals surface area contributed by atoms with Gasteiger partial charge in [-0.05, 0) is 47.0 Å². The Labute approximate surface area is 110 Å². The van der Waals surface area contributed by atoms with Crippen molar-refractivity contribution in [2.45, 2.75) is 31.8 Å². The lowest BCUT2D eigenvalue weighted by molar-refractivity contribution is -0.143. The highest BCUT2D eigenvalue weighted by molar-refractivity contribution is 5.75. The molecule has 0 spiro atoms. The summed E-state index contributed by atoms with van der Waals surface area (Å²) in [6.07, 6.45) is 2.00. The summed E-state index contributed by atoms with van der Waals surface area (Å²) in [5, 5.41) is 3.02. The first-order chi connectivity index (χ1) is 8.58. The van der Waals surface area contributed by atoms with Crippen LogP contribution in [0.4, 0.5) is 0 Å². The summed E-state index contributed by atoms with van der Waals surface area (Å²) in [6, 6.07) is 0.357. The maximum atomic E-state index is 11.5. The standard InChI is InChI=1S/C13H27N3O2/c1-11-10-15(3)7-5-8-16(11)9-6-12(14-2)13(17)18-4/h11-12,14H,5-10H2,1-4H3. The summed E-state index contributed by atoms with van der Waals surface area (Å²) in [6.45, 7) is 6.57. The average molecular weight is 257 g/mol. The lowest BCUT2D eigenvalue weighted by Gasteiger charge is -2.28. The number of hydrogen-bond acceptors (Lipinski definition) is 5. The molecule has 18 heavy (non-hydrogen) atoms. The van der Waals surface area contributed by atoms with Crippen LogP contribution in [-0.4, -0.2) is 75.2 Å². The van der Waals surface area contributed by atoms with Gasteiger partial charge >= 0.3 is 5.97 Å². The van der Waals surface area contributed by atoms with Crippen LogP contribution in [0.3, 0.4) is 0 Å². The SMILES string of the molecule is CNC(CCN1CCCN(C)CC1C)C(=O)OC. The molecule has 1 rings (SSSR count). The first kappa shape index (κ1) is 15.4. The number of nitrogens with one attached hydrogen (secondary N) is 1.